The molecule has 0 bridgehead atoms. The van der Waals surface area contributed by atoms with Crippen molar-refractivity contribution in [3.63, 3.8) is 0 Å². The number of nitrogens with zero attached hydrogens (tertiary/aromatic N) is 2. The van der Waals surface area contributed by atoms with E-state index in [0.29, 0.717) is 5.56 Å². The molecule has 0 radical (unpaired) electrons. The normalized spacial score (nSPS) is 16.6. The molecule has 1 N–H and O–H groups in total. The molecule has 0 atom stereocenters. The van der Waals surface area contributed by atoms with Crippen molar-refractivity contribution in [2.45, 2.75) is 0 Å². The van der Waals surface area contributed by atoms with E-state index in [2.05, 4.69) is 4.90 Å². The van der Waals surface area contributed by atoms with Gasteiger partial charge < -0.3 is 14.9 Å². The van der Waals surface area contributed by atoms with Crippen molar-refractivity contribution in [3.05, 3.63) is 35.4 Å². The Kier molecular flexibility index (Phi) is 3.62. The molecular weight excluding hydrogens is 232 g/mol. The van der Waals surface area contributed by atoms with Gasteiger partial charge in [0.25, 0.3) is 5.91 Å². The Morgan fingerprint density at radius 3 is 2.00 bits per heavy atom. The van der Waals surface area contributed by atoms with E-state index < -0.39 is 5.97 Å². The third-order valence-electron chi connectivity index (χ3n) is 3.17. The van der Waals surface area contributed by atoms with Crippen LogP contribution in [0.3, 0.4) is 0 Å². The van der Waals surface area contributed by atoms with Crippen LogP contribution in [-0.2, 0) is 0 Å². The lowest BCUT2D eigenvalue weighted by molar-refractivity contribution is 0.0659. The Bertz CT molecular complexity index is 448. The maximum absolute atomic E-state index is 12.1. The van der Waals surface area contributed by atoms with Gasteiger partial charge in [-0.25, -0.2) is 4.79 Å². The lowest BCUT2D eigenvalue weighted by atomic mass is 10.1. The third-order valence-corrected chi connectivity index (χ3v) is 3.17. The molecule has 18 heavy (non-hydrogen) atoms. The monoisotopic (exact) mass is 248 g/mol. The second-order valence-electron chi connectivity index (χ2n) is 4.48. The zero-order valence-electron chi connectivity index (χ0n) is 10.3. The highest BCUT2D eigenvalue weighted by atomic mass is 16.4. The van der Waals surface area contributed by atoms with Crippen LogP contribution in [0, 0.1) is 0 Å². The third kappa shape index (κ3) is 2.68. The molecular formula is C13H16N2O3. The molecule has 96 valence electrons. The standard InChI is InChI=1S/C13H16N2O3/c1-14-6-8-15(9-7-14)12(16)10-2-4-11(5-3-10)13(17)18/h2-5H,6-9H2,1H3,(H,17,18). The Morgan fingerprint density at radius 2 is 1.50 bits per heavy atom. The summed E-state index contributed by atoms with van der Waals surface area (Å²) in [7, 11) is 2.03. The first-order chi connectivity index (χ1) is 8.58. The lowest BCUT2D eigenvalue weighted by Gasteiger charge is -2.32. The predicted octanol–water partition coefficient (Wildman–Crippen LogP) is 0.772. The number of likely N-dealkylation sites (N-methyl/N-ethyl adjacent to an activating group) is 1. The van der Waals surface area contributed by atoms with Gasteiger partial charge in [0.2, 0.25) is 0 Å². The summed E-state index contributed by atoms with van der Waals surface area (Å²) in [5, 5.41) is 8.79. The number of carbonyl (C=O) groups is 2. The number of carboxylic acids is 1. The zero-order chi connectivity index (χ0) is 13.1. The van der Waals surface area contributed by atoms with Crippen LogP contribution in [0.2, 0.25) is 0 Å². The molecule has 1 aliphatic rings. The summed E-state index contributed by atoms with van der Waals surface area (Å²) in [6.07, 6.45) is 0. The fourth-order valence-corrected chi connectivity index (χ4v) is 1.95. The van der Waals surface area contributed by atoms with Crippen LogP contribution in [0.15, 0.2) is 24.3 Å². The molecule has 5 nitrogen and oxygen atoms in total. The minimum absolute atomic E-state index is 0.0277. The molecule has 0 unspecified atom stereocenters. The first-order valence-corrected chi connectivity index (χ1v) is 5.89. The predicted molar refractivity (Wildman–Crippen MR) is 66.8 cm³/mol. The molecule has 0 aliphatic carbocycles. The van der Waals surface area contributed by atoms with Gasteiger partial charge in [-0.2, -0.15) is 0 Å². The average Bonchev–Trinajstić information content (AvgIpc) is 2.39. The van der Waals surface area contributed by atoms with E-state index in [9.17, 15) is 9.59 Å². The van der Waals surface area contributed by atoms with Crippen molar-refractivity contribution in [1.29, 1.82) is 0 Å². The molecule has 1 fully saturated rings. The fourth-order valence-electron chi connectivity index (χ4n) is 1.95. The van der Waals surface area contributed by atoms with Gasteiger partial charge in [0.15, 0.2) is 0 Å². The van der Waals surface area contributed by atoms with E-state index in [1.807, 2.05) is 7.05 Å². The van der Waals surface area contributed by atoms with Crippen LogP contribution in [0.4, 0.5) is 0 Å². The Labute approximate surface area is 106 Å². The Hall–Kier alpha value is -1.88. The van der Waals surface area contributed by atoms with Crippen LogP contribution in [0.25, 0.3) is 0 Å². The highest BCUT2D eigenvalue weighted by molar-refractivity contribution is 5.95. The van der Waals surface area contributed by atoms with Crippen LogP contribution in [0.1, 0.15) is 20.7 Å². The summed E-state index contributed by atoms with van der Waals surface area (Å²) in [5.41, 5.74) is 0.745. The molecule has 1 aliphatic heterocycles. The molecule has 0 spiro atoms. The number of carbonyl (C=O) groups excluding carboxylic acids is 1. The average molecular weight is 248 g/mol. The largest absolute Gasteiger partial charge is 0.478 e. The van der Waals surface area contributed by atoms with Crippen LogP contribution < -0.4 is 0 Å². The summed E-state index contributed by atoms with van der Waals surface area (Å²) >= 11 is 0. The van der Waals surface area contributed by atoms with Crippen molar-refractivity contribution in [2.24, 2.45) is 0 Å². The number of hydrogen-bond acceptors (Lipinski definition) is 3. The minimum Gasteiger partial charge on any atom is -0.478 e. The van der Waals surface area contributed by atoms with E-state index in [0.717, 1.165) is 26.2 Å². The van der Waals surface area contributed by atoms with E-state index in [-0.39, 0.29) is 11.5 Å². The smallest absolute Gasteiger partial charge is 0.335 e. The zero-order valence-corrected chi connectivity index (χ0v) is 10.3. The van der Waals surface area contributed by atoms with Crippen molar-refractivity contribution < 1.29 is 14.7 Å². The van der Waals surface area contributed by atoms with Gasteiger partial charge in [-0.05, 0) is 31.3 Å². The number of aromatic carboxylic acids is 1. The first-order valence-electron chi connectivity index (χ1n) is 5.89. The van der Waals surface area contributed by atoms with E-state index in [1.165, 1.54) is 12.1 Å². The quantitative estimate of drug-likeness (QED) is 0.840. The second-order valence-corrected chi connectivity index (χ2v) is 4.48. The van der Waals surface area contributed by atoms with Gasteiger partial charge in [-0.15, -0.1) is 0 Å². The molecule has 1 aromatic rings. The van der Waals surface area contributed by atoms with Crippen molar-refractivity contribution >= 4 is 11.9 Å². The number of rotatable bonds is 2. The topological polar surface area (TPSA) is 60.9 Å². The van der Waals surface area contributed by atoms with Gasteiger partial charge >= 0.3 is 5.97 Å². The van der Waals surface area contributed by atoms with Gasteiger partial charge in [-0.1, -0.05) is 0 Å². The fraction of sp³-hybridized carbons (Fsp3) is 0.385. The second kappa shape index (κ2) is 5.18. The van der Waals surface area contributed by atoms with E-state index >= 15 is 0 Å². The summed E-state index contributed by atoms with van der Waals surface area (Å²) in [6.45, 7) is 3.18. The number of hydrogen-bond donors (Lipinski definition) is 1. The maximum atomic E-state index is 12.1. The molecule has 1 heterocycles. The Morgan fingerprint density at radius 1 is 1.00 bits per heavy atom. The molecule has 5 heteroatoms. The summed E-state index contributed by atoms with van der Waals surface area (Å²) in [6, 6.07) is 6.07. The highest BCUT2D eigenvalue weighted by Crippen LogP contribution is 2.10. The molecule has 0 aromatic heterocycles. The van der Waals surface area contributed by atoms with Crippen molar-refractivity contribution in [2.75, 3.05) is 33.2 Å². The lowest BCUT2D eigenvalue weighted by Crippen LogP contribution is -2.47. The summed E-state index contributed by atoms with van der Waals surface area (Å²) < 4.78 is 0. The molecule has 1 aromatic carbocycles. The van der Waals surface area contributed by atoms with Gasteiger partial charge in [0.1, 0.15) is 0 Å². The van der Waals surface area contributed by atoms with Gasteiger partial charge in [-0.3, -0.25) is 4.79 Å². The number of piperazine rings is 1. The van der Waals surface area contributed by atoms with Crippen LogP contribution in [0.5, 0.6) is 0 Å². The first kappa shape index (κ1) is 12.6. The van der Waals surface area contributed by atoms with Crippen LogP contribution in [-0.4, -0.2) is 60.0 Å². The number of amides is 1. The number of benzene rings is 1. The Balaban J connectivity index is 2.07. The van der Waals surface area contributed by atoms with Gasteiger partial charge in [0.05, 0.1) is 5.56 Å². The van der Waals surface area contributed by atoms with Crippen molar-refractivity contribution in [3.8, 4) is 0 Å². The molecule has 1 amide bonds. The minimum atomic E-state index is -0.978. The van der Waals surface area contributed by atoms with Crippen molar-refractivity contribution in [1.82, 2.24) is 9.80 Å². The molecule has 1 saturated heterocycles. The van der Waals surface area contributed by atoms with Gasteiger partial charge in [0, 0.05) is 31.7 Å². The SMILES string of the molecule is CN1CCN(C(=O)c2ccc(C(=O)O)cc2)CC1. The molecule has 2 rings (SSSR count). The maximum Gasteiger partial charge on any atom is 0.335 e. The van der Waals surface area contributed by atoms with E-state index in [4.69, 9.17) is 5.11 Å². The van der Waals surface area contributed by atoms with E-state index in [1.54, 1.807) is 17.0 Å². The van der Waals surface area contributed by atoms with Crippen LogP contribution >= 0.6 is 0 Å². The molecule has 0 saturated carbocycles. The highest BCUT2D eigenvalue weighted by Gasteiger charge is 2.20. The summed E-state index contributed by atoms with van der Waals surface area (Å²) in [5.74, 6) is -1.01. The summed E-state index contributed by atoms with van der Waals surface area (Å²) in [4.78, 5) is 26.8. The number of carboxylic acid groups (broad SMARTS) is 1.